The first-order valence-corrected chi connectivity index (χ1v) is 8.62. The van der Waals surface area contributed by atoms with Crippen LogP contribution >= 0.6 is 11.6 Å². The van der Waals surface area contributed by atoms with Gasteiger partial charge in [0, 0.05) is 18.1 Å². The molecule has 0 aliphatic heterocycles. The van der Waals surface area contributed by atoms with Gasteiger partial charge in [0.15, 0.2) is 0 Å². The standard InChI is InChI=1S/C14H22ClNO3S/c1-3-4-5-8-16(9-10-17)20(18,19)13-7-6-12(2)14(15)11-13/h6-7,11,17H,3-5,8-10H2,1-2H3. The average molecular weight is 320 g/mol. The van der Waals surface area contributed by atoms with Crippen molar-refractivity contribution >= 4 is 21.6 Å². The Labute approximate surface area is 126 Å². The number of aliphatic hydroxyl groups excluding tert-OH is 1. The van der Waals surface area contributed by atoms with E-state index in [2.05, 4.69) is 6.92 Å². The molecular weight excluding hydrogens is 298 g/mol. The lowest BCUT2D eigenvalue weighted by Gasteiger charge is -2.21. The molecule has 0 heterocycles. The second kappa shape index (κ2) is 7.98. The molecule has 0 atom stereocenters. The number of rotatable bonds is 8. The normalized spacial score (nSPS) is 12.1. The van der Waals surface area contributed by atoms with E-state index in [1.807, 2.05) is 6.92 Å². The quantitative estimate of drug-likeness (QED) is 0.750. The fraction of sp³-hybridized carbons (Fsp3) is 0.571. The van der Waals surface area contributed by atoms with Gasteiger partial charge in [-0.2, -0.15) is 4.31 Å². The van der Waals surface area contributed by atoms with Crippen LogP contribution in [0.1, 0.15) is 31.7 Å². The minimum absolute atomic E-state index is 0.109. The lowest BCUT2D eigenvalue weighted by Crippen LogP contribution is -2.34. The van der Waals surface area contributed by atoms with Gasteiger partial charge in [0.1, 0.15) is 0 Å². The number of nitrogens with zero attached hydrogens (tertiary/aromatic N) is 1. The Hall–Kier alpha value is -0.620. The molecule has 20 heavy (non-hydrogen) atoms. The van der Waals surface area contributed by atoms with E-state index < -0.39 is 10.0 Å². The SMILES string of the molecule is CCCCCN(CCO)S(=O)(=O)c1ccc(C)c(Cl)c1. The van der Waals surface area contributed by atoms with Crippen LogP contribution in [0.4, 0.5) is 0 Å². The van der Waals surface area contributed by atoms with Crippen molar-refractivity contribution in [2.24, 2.45) is 0 Å². The Morgan fingerprint density at radius 2 is 1.95 bits per heavy atom. The summed E-state index contributed by atoms with van der Waals surface area (Å²) in [6.07, 6.45) is 2.77. The lowest BCUT2D eigenvalue weighted by atomic mass is 10.2. The van der Waals surface area contributed by atoms with Crippen molar-refractivity contribution in [2.45, 2.75) is 38.0 Å². The molecule has 1 aromatic rings. The summed E-state index contributed by atoms with van der Waals surface area (Å²) in [6.45, 7) is 4.22. The molecule has 1 aromatic carbocycles. The molecule has 0 fully saturated rings. The zero-order valence-corrected chi connectivity index (χ0v) is 13.5. The average Bonchev–Trinajstić information content (AvgIpc) is 2.41. The predicted octanol–water partition coefficient (Wildman–Crippen LogP) is 2.82. The molecule has 0 unspecified atom stereocenters. The van der Waals surface area contributed by atoms with Crippen LogP contribution in [0.25, 0.3) is 0 Å². The van der Waals surface area contributed by atoms with Crippen LogP contribution in [0.5, 0.6) is 0 Å². The van der Waals surface area contributed by atoms with Crippen molar-refractivity contribution in [2.75, 3.05) is 19.7 Å². The molecule has 6 heteroatoms. The van der Waals surface area contributed by atoms with E-state index in [1.54, 1.807) is 12.1 Å². The van der Waals surface area contributed by atoms with Crippen LogP contribution in [0.15, 0.2) is 23.1 Å². The van der Waals surface area contributed by atoms with E-state index in [0.717, 1.165) is 24.8 Å². The Kier molecular flexibility index (Phi) is 6.95. The third-order valence-electron chi connectivity index (χ3n) is 3.14. The van der Waals surface area contributed by atoms with Crippen molar-refractivity contribution in [1.82, 2.24) is 4.31 Å². The van der Waals surface area contributed by atoms with Gasteiger partial charge in [-0.1, -0.05) is 37.4 Å². The highest BCUT2D eigenvalue weighted by Crippen LogP contribution is 2.23. The number of aryl methyl sites for hydroxylation is 1. The van der Waals surface area contributed by atoms with Crippen molar-refractivity contribution in [1.29, 1.82) is 0 Å². The zero-order valence-electron chi connectivity index (χ0n) is 12.0. The third kappa shape index (κ3) is 4.45. The van der Waals surface area contributed by atoms with Crippen LogP contribution in [0.2, 0.25) is 5.02 Å². The molecule has 0 radical (unpaired) electrons. The molecule has 4 nitrogen and oxygen atoms in total. The highest BCUT2D eigenvalue weighted by Gasteiger charge is 2.24. The first kappa shape index (κ1) is 17.4. The zero-order chi connectivity index (χ0) is 15.2. The molecule has 0 amide bonds. The number of benzene rings is 1. The maximum absolute atomic E-state index is 12.5. The molecule has 0 aliphatic rings. The second-order valence-electron chi connectivity index (χ2n) is 4.75. The monoisotopic (exact) mass is 319 g/mol. The van der Waals surface area contributed by atoms with E-state index in [9.17, 15) is 8.42 Å². The highest BCUT2D eigenvalue weighted by molar-refractivity contribution is 7.89. The Bertz CT molecular complexity index is 531. The van der Waals surface area contributed by atoms with Gasteiger partial charge in [-0.15, -0.1) is 0 Å². The first-order valence-electron chi connectivity index (χ1n) is 6.80. The maximum Gasteiger partial charge on any atom is 0.243 e. The topological polar surface area (TPSA) is 57.6 Å². The van der Waals surface area contributed by atoms with Gasteiger partial charge in [-0.05, 0) is 31.0 Å². The molecule has 0 aromatic heterocycles. The second-order valence-corrected chi connectivity index (χ2v) is 7.09. The molecule has 0 aliphatic carbocycles. The fourth-order valence-corrected chi connectivity index (χ4v) is 3.63. The van der Waals surface area contributed by atoms with E-state index in [4.69, 9.17) is 16.7 Å². The van der Waals surface area contributed by atoms with Crippen LogP contribution in [0.3, 0.4) is 0 Å². The maximum atomic E-state index is 12.5. The van der Waals surface area contributed by atoms with Crippen LogP contribution in [0, 0.1) is 6.92 Å². The highest BCUT2D eigenvalue weighted by atomic mass is 35.5. The summed E-state index contributed by atoms with van der Waals surface area (Å²) >= 11 is 6.00. The molecular formula is C14H22ClNO3S. The molecule has 1 N–H and O–H groups in total. The van der Waals surface area contributed by atoms with Crippen molar-refractivity contribution in [3.05, 3.63) is 28.8 Å². The van der Waals surface area contributed by atoms with E-state index in [1.165, 1.54) is 10.4 Å². The molecule has 1 rings (SSSR count). The van der Waals surface area contributed by atoms with Gasteiger partial charge in [0.2, 0.25) is 10.0 Å². The van der Waals surface area contributed by atoms with Crippen LogP contribution < -0.4 is 0 Å². The number of hydrogen-bond acceptors (Lipinski definition) is 3. The van der Waals surface area contributed by atoms with Crippen LogP contribution in [-0.4, -0.2) is 37.5 Å². The predicted molar refractivity (Wildman–Crippen MR) is 81.6 cm³/mol. The van der Waals surface area contributed by atoms with Gasteiger partial charge in [0.05, 0.1) is 11.5 Å². The van der Waals surface area contributed by atoms with Gasteiger partial charge in [-0.3, -0.25) is 0 Å². The largest absolute Gasteiger partial charge is 0.395 e. The minimum atomic E-state index is -3.59. The molecule has 0 bridgehead atoms. The number of aliphatic hydroxyl groups is 1. The number of hydrogen-bond donors (Lipinski definition) is 1. The van der Waals surface area contributed by atoms with Gasteiger partial charge < -0.3 is 5.11 Å². The van der Waals surface area contributed by atoms with Gasteiger partial charge >= 0.3 is 0 Å². The minimum Gasteiger partial charge on any atom is -0.395 e. The Morgan fingerprint density at radius 3 is 2.50 bits per heavy atom. The summed E-state index contributed by atoms with van der Waals surface area (Å²) in [5.41, 5.74) is 0.838. The van der Waals surface area contributed by atoms with E-state index >= 15 is 0 Å². The Balaban J connectivity index is 2.99. The van der Waals surface area contributed by atoms with Crippen molar-refractivity contribution in [3.63, 3.8) is 0 Å². The molecule has 0 spiro atoms. The fourth-order valence-electron chi connectivity index (χ4n) is 1.88. The summed E-state index contributed by atoms with van der Waals surface area (Å²) in [6, 6.07) is 4.72. The third-order valence-corrected chi connectivity index (χ3v) is 5.44. The summed E-state index contributed by atoms with van der Waals surface area (Å²) in [4.78, 5) is 0.179. The number of halogens is 1. The summed E-state index contributed by atoms with van der Waals surface area (Å²) in [5.74, 6) is 0. The molecule has 114 valence electrons. The van der Waals surface area contributed by atoms with Crippen LogP contribution in [-0.2, 0) is 10.0 Å². The number of unbranched alkanes of at least 4 members (excludes halogenated alkanes) is 2. The summed E-state index contributed by atoms with van der Waals surface area (Å²) in [7, 11) is -3.59. The number of sulfonamides is 1. The first-order chi connectivity index (χ1) is 9.43. The lowest BCUT2D eigenvalue weighted by molar-refractivity contribution is 0.252. The van der Waals surface area contributed by atoms with E-state index in [-0.39, 0.29) is 18.0 Å². The Morgan fingerprint density at radius 1 is 1.25 bits per heavy atom. The van der Waals surface area contributed by atoms with Gasteiger partial charge in [0.25, 0.3) is 0 Å². The van der Waals surface area contributed by atoms with Gasteiger partial charge in [-0.25, -0.2) is 8.42 Å². The smallest absolute Gasteiger partial charge is 0.243 e. The van der Waals surface area contributed by atoms with Crippen molar-refractivity contribution in [3.8, 4) is 0 Å². The van der Waals surface area contributed by atoms with Crippen molar-refractivity contribution < 1.29 is 13.5 Å². The molecule has 0 saturated carbocycles. The summed E-state index contributed by atoms with van der Waals surface area (Å²) in [5, 5.41) is 9.50. The molecule has 0 saturated heterocycles. The van der Waals surface area contributed by atoms with E-state index in [0.29, 0.717) is 11.6 Å². The summed E-state index contributed by atoms with van der Waals surface area (Å²) < 4.78 is 26.4.